The highest BCUT2D eigenvalue weighted by atomic mass is 16.5. The third-order valence-corrected chi connectivity index (χ3v) is 3.93. The Labute approximate surface area is 136 Å². The first kappa shape index (κ1) is 17.4. The Morgan fingerprint density at radius 3 is 2.65 bits per heavy atom. The van der Waals surface area contributed by atoms with E-state index >= 15 is 0 Å². The van der Waals surface area contributed by atoms with Crippen LogP contribution in [0.1, 0.15) is 25.5 Å². The molecule has 1 heterocycles. The number of aliphatic hydroxyl groups is 1. The minimum absolute atomic E-state index is 0.0432. The summed E-state index contributed by atoms with van der Waals surface area (Å²) in [7, 11) is 0. The summed E-state index contributed by atoms with van der Waals surface area (Å²) in [6, 6.07) is 9.15. The lowest BCUT2D eigenvalue weighted by Crippen LogP contribution is -2.52. The van der Waals surface area contributed by atoms with Gasteiger partial charge in [0.05, 0.1) is 25.8 Å². The monoisotopic (exact) mass is 320 g/mol. The van der Waals surface area contributed by atoms with Crippen molar-refractivity contribution in [1.29, 1.82) is 0 Å². The van der Waals surface area contributed by atoms with E-state index < -0.39 is 6.10 Å². The average molecular weight is 320 g/mol. The molecule has 0 aromatic heterocycles. The lowest BCUT2D eigenvalue weighted by Gasteiger charge is -2.41. The van der Waals surface area contributed by atoms with Crippen LogP contribution in [0, 0.1) is 5.92 Å². The normalized spacial score (nSPS) is 21.3. The van der Waals surface area contributed by atoms with Crippen LogP contribution in [0.4, 0.5) is 0 Å². The van der Waals surface area contributed by atoms with Gasteiger partial charge in [-0.1, -0.05) is 44.2 Å². The number of amides is 2. The van der Waals surface area contributed by atoms with Crippen LogP contribution in [0.3, 0.4) is 0 Å². The topological polar surface area (TPSA) is 78.9 Å². The predicted octanol–water partition coefficient (Wildman–Crippen LogP) is 0.720. The molecule has 23 heavy (non-hydrogen) atoms. The third kappa shape index (κ3) is 4.30. The van der Waals surface area contributed by atoms with E-state index in [2.05, 4.69) is 5.32 Å². The van der Waals surface area contributed by atoms with Crippen LogP contribution in [0.5, 0.6) is 0 Å². The molecule has 1 aromatic carbocycles. The van der Waals surface area contributed by atoms with Crippen molar-refractivity contribution in [2.75, 3.05) is 26.3 Å². The van der Waals surface area contributed by atoms with Crippen LogP contribution in [-0.2, 0) is 14.3 Å². The Kier molecular flexibility index (Phi) is 6.12. The van der Waals surface area contributed by atoms with Gasteiger partial charge in [0.15, 0.2) is 0 Å². The number of rotatable bonds is 5. The quantitative estimate of drug-likeness (QED) is 0.838. The van der Waals surface area contributed by atoms with Gasteiger partial charge < -0.3 is 20.1 Å². The van der Waals surface area contributed by atoms with Crippen molar-refractivity contribution >= 4 is 11.8 Å². The van der Waals surface area contributed by atoms with Crippen LogP contribution in [0.15, 0.2) is 30.3 Å². The van der Waals surface area contributed by atoms with E-state index in [0.29, 0.717) is 13.2 Å². The molecule has 1 aromatic rings. The summed E-state index contributed by atoms with van der Waals surface area (Å²) in [4.78, 5) is 25.9. The maximum atomic E-state index is 12.5. The summed E-state index contributed by atoms with van der Waals surface area (Å²) >= 11 is 0. The van der Waals surface area contributed by atoms with Gasteiger partial charge in [-0.15, -0.1) is 0 Å². The molecule has 0 unspecified atom stereocenters. The van der Waals surface area contributed by atoms with E-state index in [1.807, 2.05) is 30.3 Å². The molecule has 0 radical (unpaired) electrons. The Balaban J connectivity index is 2.13. The first-order chi connectivity index (χ1) is 11.0. The SMILES string of the molecule is CC(C)C(=O)NCC(=O)N1CCO[C@H](CO)[C@H]1c1ccccc1. The van der Waals surface area contributed by atoms with Gasteiger partial charge in [-0.3, -0.25) is 9.59 Å². The zero-order valence-corrected chi connectivity index (χ0v) is 13.6. The third-order valence-electron chi connectivity index (χ3n) is 3.93. The van der Waals surface area contributed by atoms with E-state index in [-0.39, 0.29) is 36.9 Å². The Hall–Kier alpha value is -1.92. The average Bonchev–Trinajstić information content (AvgIpc) is 2.59. The first-order valence-corrected chi connectivity index (χ1v) is 7.89. The number of carbonyl (C=O) groups is 2. The second kappa shape index (κ2) is 8.08. The van der Waals surface area contributed by atoms with Crippen LogP contribution in [-0.4, -0.2) is 54.2 Å². The van der Waals surface area contributed by atoms with Crippen molar-refractivity contribution in [1.82, 2.24) is 10.2 Å². The van der Waals surface area contributed by atoms with Crippen LogP contribution >= 0.6 is 0 Å². The lowest BCUT2D eigenvalue weighted by atomic mass is 9.98. The number of hydrogen-bond acceptors (Lipinski definition) is 4. The van der Waals surface area contributed by atoms with E-state index in [1.165, 1.54) is 0 Å². The molecule has 1 fully saturated rings. The number of carbonyl (C=O) groups excluding carboxylic acids is 2. The minimum atomic E-state index is -0.462. The zero-order valence-electron chi connectivity index (χ0n) is 13.6. The standard InChI is InChI=1S/C17H24N2O4/c1-12(2)17(22)18-10-15(21)19-8-9-23-14(11-20)16(19)13-6-4-3-5-7-13/h3-7,12,14,16,20H,8-11H2,1-2H3,(H,18,22)/t14-,16-/m1/s1. The van der Waals surface area contributed by atoms with Gasteiger partial charge in [-0.05, 0) is 5.56 Å². The highest BCUT2D eigenvalue weighted by Crippen LogP contribution is 2.29. The van der Waals surface area contributed by atoms with Gasteiger partial charge >= 0.3 is 0 Å². The number of nitrogens with one attached hydrogen (secondary N) is 1. The molecule has 1 saturated heterocycles. The second-order valence-electron chi connectivity index (χ2n) is 5.91. The fourth-order valence-corrected chi connectivity index (χ4v) is 2.68. The number of aliphatic hydroxyl groups excluding tert-OH is 1. The Morgan fingerprint density at radius 1 is 1.35 bits per heavy atom. The number of morpholine rings is 1. The molecule has 1 aliphatic heterocycles. The lowest BCUT2D eigenvalue weighted by molar-refractivity contribution is -0.150. The van der Waals surface area contributed by atoms with Gasteiger partial charge in [-0.25, -0.2) is 0 Å². The first-order valence-electron chi connectivity index (χ1n) is 7.89. The Bertz CT molecular complexity index is 533. The van der Waals surface area contributed by atoms with Crippen molar-refractivity contribution in [3.05, 3.63) is 35.9 Å². The van der Waals surface area contributed by atoms with E-state index in [4.69, 9.17) is 4.74 Å². The second-order valence-corrected chi connectivity index (χ2v) is 5.91. The number of nitrogens with zero attached hydrogens (tertiary/aromatic N) is 1. The molecular weight excluding hydrogens is 296 g/mol. The predicted molar refractivity (Wildman–Crippen MR) is 85.6 cm³/mol. The van der Waals surface area contributed by atoms with Gasteiger partial charge in [0.25, 0.3) is 0 Å². The highest BCUT2D eigenvalue weighted by molar-refractivity contribution is 5.85. The molecule has 2 N–H and O–H groups in total. The van der Waals surface area contributed by atoms with Crippen molar-refractivity contribution < 1.29 is 19.4 Å². The molecular formula is C17H24N2O4. The molecule has 6 nitrogen and oxygen atoms in total. The van der Waals surface area contributed by atoms with Gasteiger partial charge in [0.1, 0.15) is 6.10 Å². The summed E-state index contributed by atoms with van der Waals surface area (Å²) in [6.45, 7) is 4.16. The maximum Gasteiger partial charge on any atom is 0.242 e. The molecule has 2 rings (SSSR count). The number of benzene rings is 1. The molecule has 2 atom stereocenters. The van der Waals surface area contributed by atoms with Gasteiger partial charge in [0.2, 0.25) is 11.8 Å². The Morgan fingerprint density at radius 2 is 2.04 bits per heavy atom. The van der Waals surface area contributed by atoms with E-state index in [0.717, 1.165) is 5.56 Å². The molecule has 0 saturated carbocycles. The van der Waals surface area contributed by atoms with Crippen molar-refractivity contribution in [2.45, 2.75) is 26.0 Å². The fraction of sp³-hybridized carbons (Fsp3) is 0.529. The minimum Gasteiger partial charge on any atom is -0.394 e. The largest absolute Gasteiger partial charge is 0.394 e. The van der Waals surface area contributed by atoms with Crippen LogP contribution in [0.25, 0.3) is 0 Å². The molecule has 1 aliphatic rings. The van der Waals surface area contributed by atoms with Crippen LogP contribution < -0.4 is 5.32 Å². The van der Waals surface area contributed by atoms with Crippen LogP contribution in [0.2, 0.25) is 0 Å². The van der Waals surface area contributed by atoms with Crippen molar-refractivity contribution in [2.24, 2.45) is 5.92 Å². The maximum absolute atomic E-state index is 12.5. The molecule has 2 amide bonds. The summed E-state index contributed by atoms with van der Waals surface area (Å²) < 4.78 is 5.61. The summed E-state index contributed by atoms with van der Waals surface area (Å²) in [5, 5.41) is 12.2. The summed E-state index contributed by atoms with van der Waals surface area (Å²) in [5.41, 5.74) is 0.912. The molecule has 0 aliphatic carbocycles. The summed E-state index contributed by atoms with van der Waals surface area (Å²) in [5.74, 6) is -0.487. The number of hydrogen-bond donors (Lipinski definition) is 2. The van der Waals surface area contributed by atoms with Gasteiger partial charge in [0, 0.05) is 12.5 Å². The molecule has 0 spiro atoms. The van der Waals surface area contributed by atoms with E-state index in [1.54, 1.807) is 18.7 Å². The highest BCUT2D eigenvalue weighted by Gasteiger charge is 2.35. The van der Waals surface area contributed by atoms with Gasteiger partial charge in [-0.2, -0.15) is 0 Å². The number of ether oxygens (including phenoxy) is 1. The fourth-order valence-electron chi connectivity index (χ4n) is 2.68. The van der Waals surface area contributed by atoms with E-state index in [9.17, 15) is 14.7 Å². The summed E-state index contributed by atoms with van der Waals surface area (Å²) in [6.07, 6.45) is -0.462. The molecule has 0 bridgehead atoms. The van der Waals surface area contributed by atoms with Crippen molar-refractivity contribution in [3.8, 4) is 0 Å². The zero-order chi connectivity index (χ0) is 16.8. The smallest absolute Gasteiger partial charge is 0.242 e. The van der Waals surface area contributed by atoms with Crippen molar-refractivity contribution in [3.63, 3.8) is 0 Å². The molecule has 126 valence electrons. The molecule has 6 heteroatoms.